The number of hydrogen-bond donors (Lipinski definition) is 1. The van der Waals surface area contributed by atoms with E-state index in [1.165, 1.54) is 0 Å². The summed E-state index contributed by atoms with van der Waals surface area (Å²) in [4.78, 5) is 4.20. The van der Waals surface area contributed by atoms with Crippen molar-refractivity contribution in [1.82, 2.24) is 10.3 Å². The topological polar surface area (TPSA) is 77.5 Å². The van der Waals surface area contributed by atoms with E-state index in [1.807, 2.05) is 24.3 Å². The second kappa shape index (κ2) is 7.25. The Hall–Kier alpha value is -2.12. The lowest BCUT2D eigenvalue weighted by atomic mass is 10.1. The Morgan fingerprint density at radius 3 is 2.81 bits per heavy atom. The van der Waals surface area contributed by atoms with E-state index in [1.54, 1.807) is 6.20 Å². The molecule has 0 aliphatic carbocycles. The van der Waals surface area contributed by atoms with Gasteiger partial charge in [-0.1, -0.05) is 24.3 Å². The average molecular weight is 374 g/mol. The third-order valence-corrected chi connectivity index (χ3v) is 6.66. The van der Waals surface area contributed by atoms with Crippen molar-refractivity contribution >= 4 is 9.84 Å². The SMILES string of the molecule is O=S1(=O)CCC(CNCc2ccc([C@H]3COc4cccnc4O3)cc2)C1. The van der Waals surface area contributed by atoms with Gasteiger partial charge in [0.2, 0.25) is 0 Å². The molecule has 3 heterocycles. The van der Waals surface area contributed by atoms with Crippen LogP contribution >= 0.6 is 0 Å². The molecule has 0 spiro atoms. The number of benzene rings is 1. The third kappa shape index (κ3) is 3.99. The Morgan fingerprint density at radius 1 is 1.19 bits per heavy atom. The molecule has 2 aromatic rings. The monoisotopic (exact) mass is 374 g/mol. The maximum absolute atomic E-state index is 11.5. The van der Waals surface area contributed by atoms with Crippen molar-refractivity contribution in [3.8, 4) is 11.6 Å². The van der Waals surface area contributed by atoms with Crippen LogP contribution in [0, 0.1) is 5.92 Å². The van der Waals surface area contributed by atoms with E-state index in [9.17, 15) is 8.42 Å². The number of ether oxygens (including phenoxy) is 2. The number of pyridine rings is 1. The molecular weight excluding hydrogens is 352 g/mol. The van der Waals surface area contributed by atoms with E-state index in [0.717, 1.165) is 30.6 Å². The summed E-state index contributed by atoms with van der Waals surface area (Å²) < 4.78 is 34.6. The van der Waals surface area contributed by atoms with E-state index < -0.39 is 9.84 Å². The van der Waals surface area contributed by atoms with Crippen LogP contribution in [0.5, 0.6) is 11.6 Å². The third-order valence-electron chi connectivity index (χ3n) is 4.82. The molecule has 0 bridgehead atoms. The lowest BCUT2D eigenvalue weighted by molar-refractivity contribution is 0.0851. The maximum atomic E-state index is 11.5. The van der Waals surface area contributed by atoms with Crippen LogP contribution in [0.15, 0.2) is 42.6 Å². The average Bonchev–Trinajstić information content (AvgIpc) is 3.01. The number of nitrogens with zero attached hydrogens (tertiary/aromatic N) is 1. The molecule has 1 unspecified atom stereocenters. The summed E-state index contributed by atoms with van der Waals surface area (Å²) in [6.07, 6.45) is 2.29. The number of rotatable bonds is 5. The van der Waals surface area contributed by atoms with Crippen LogP contribution in [0.4, 0.5) is 0 Å². The first kappa shape index (κ1) is 17.3. The van der Waals surface area contributed by atoms with Crippen molar-refractivity contribution in [2.75, 3.05) is 24.7 Å². The number of sulfone groups is 1. The standard InChI is InChI=1S/C19H22N2O4S/c22-26(23)9-7-15(13-26)11-20-10-14-3-5-16(6-4-14)18-12-24-17-2-1-8-21-19(17)25-18/h1-6,8,15,18,20H,7,9-13H2/t15?,18-/m1/s1. The molecule has 0 radical (unpaired) electrons. The second-order valence-corrected chi connectivity index (χ2v) is 9.09. The molecule has 6 nitrogen and oxygen atoms in total. The lowest BCUT2D eigenvalue weighted by Crippen LogP contribution is -2.23. The summed E-state index contributed by atoms with van der Waals surface area (Å²) in [5.74, 6) is 2.09. The fourth-order valence-corrected chi connectivity index (χ4v) is 5.24. The molecule has 2 aliphatic rings. The van der Waals surface area contributed by atoms with Gasteiger partial charge in [-0.05, 0) is 42.1 Å². The zero-order valence-corrected chi connectivity index (χ0v) is 15.2. The number of aromatic nitrogens is 1. The molecular formula is C19H22N2O4S. The van der Waals surface area contributed by atoms with Gasteiger partial charge in [0, 0.05) is 12.7 Å². The van der Waals surface area contributed by atoms with Gasteiger partial charge in [0.15, 0.2) is 21.7 Å². The minimum atomic E-state index is -2.80. The molecule has 26 heavy (non-hydrogen) atoms. The normalized spacial score (nSPS) is 23.7. The summed E-state index contributed by atoms with van der Waals surface area (Å²) in [6.45, 7) is 1.93. The minimum Gasteiger partial charge on any atom is -0.484 e. The number of fused-ring (bicyclic) bond motifs is 1. The highest BCUT2D eigenvalue weighted by Gasteiger charge is 2.27. The van der Waals surface area contributed by atoms with E-state index in [4.69, 9.17) is 9.47 Å². The molecule has 1 aromatic heterocycles. The van der Waals surface area contributed by atoms with Gasteiger partial charge in [0.25, 0.3) is 5.88 Å². The number of hydrogen-bond acceptors (Lipinski definition) is 6. The van der Waals surface area contributed by atoms with Crippen LogP contribution in [0.1, 0.15) is 23.7 Å². The molecule has 1 aromatic carbocycles. The molecule has 2 atom stereocenters. The van der Waals surface area contributed by atoms with Crippen LogP contribution in [0.2, 0.25) is 0 Å². The Labute approximate surface area is 153 Å². The fraction of sp³-hybridized carbons (Fsp3) is 0.421. The Bertz CT molecular complexity index is 867. The van der Waals surface area contributed by atoms with Crippen molar-refractivity contribution in [1.29, 1.82) is 0 Å². The minimum absolute atomic E-state index is 0.164. The molecule has 138 valence electrons. The molecule has 2 aliphatic heterocycles. The highest BCUT2D eigenvalue weighted by molar-refractivity contribution is 7.91. The second-order valence-electron chi connectivity index (χ2n) is 6.87. The first-order valence-corrected chi connectivity index (χ1v) is 10.7. The van der Waals surface area contributed by atoms with Crippen molar-refractivity contribution in [2.45, 2.75) is 19.1 Å². The van der Waals surface area contributed by atoms with Crippen molar-refractivity contribution in [3.05, 3.63) is 53.7 Å². The Morgan fingerprint density at radius 2 is 2.04 bits per heavy atom. The zero-order chi connectivity index (χ0) is 18.0. The molecule has 7 heteroatoms. The van der Waals surface area contributed by atoms with Crippen molar-refractivity contribution in [2.24, 2.45) is 5.92 Å². The Kier molecular flexibility index (Phi) is 4.82. The molecule has 1 N–H and O–H groups in total. The first-order chi connectivity index (χ1) is 12.6. The molecule has 0 amide bonds. The lowest BCUT2D eigenvalue weighted by Gasteiger charge is -2.25. The zero-order valence-electron chi connectivity index (χ0n) is 14.4. The van der Waals surface area contributed by atoms with Crippen LogP contribution in [-0.2, 0) is 16.4 Å². The Balaban J connectivity index is 1.30. The van der Waals surface area contributed by atoms with Gasteiger partial charge in [-0.3, -0.25) is 0 Å². The van der Waals surface area contributed by atoms with Crippen molar-refractivity contribution < 1.29 is 17.9 Å². The highest BCUT2D eigenvalue weighted by atomic mass is 32.2. The molecule has 4 rings (SSSR count). The number of nitrogens with one attached hydrogen (secondary N) is 1. The van der Waals surface area contributed by atoms with Gasteiger partial charge < -0.3 is 14.8 Å². The summed E-state index contributed by atoms with van der Waals surface area (Å²) in [7, 11) is -2.80. The van der Waals surface area contributed by atoms with Gasteiger partial charge >= 0.3 is 0 Å². The molecule has 0 saturated carbocycles. The predicted molar refractivity (Wildman–Crippen MR) is 98.0 cm³/mol. The smallest absolute Gasteiger partial charge is 0.257 e. The summed E-state index contributed by atoms with van der Waals surface area (Å²) in [5, 5.41) is 3.36. The molecule has 1 fully saturated rings. The van der Waals surface area contributed by atoms with Crippen LogP contribution in [0.25, 0.3) is 0 Å². The predicted octanol–water partition coefficient (Wildman–Crippen LogP) is 2.12. The van der Waals surface area contributed by atoms with Gasteiger partial charge in [-0.2, -0.15) is 0 Å². The van der Waals surface area contributed by atoms with Gasteiger partial charge in [0.1, 0.15) is 6.61 Å². The van der Waals surface area contributed by atoms with Gasteiger partial charge in [0.05, 0.1) is 11.5 Å². The maximum Gasteiger partial charge on any atom is 0.257 e. The van der Waals surface area contributed by atoms with Gasteiger partial charge in [-0.15, -0.1) is 0 Å². The van der Waals surface area contributed by atoms with E-state index >= 15 is 0 Å². The van der Waals surface area contributed by atoms with E-state index in [0.29, 0.717) is 29.7 Å². The quantitative estimate of drug-likeness (QED) is 0.864. The van der Waals surface area contributed by atoms with Crippen LogP contribution in [0.3, 0.4) is 0 Å². The summed E-state index contributed by atoms with van der Waals surface area (Å²) >= 11 is 0. The van der Waals surface area contributed by atoms with Gasteiger partial charge in [-0.25, -0.2) is 13.4 Å². The van der Waals surface area contributed by atoms with Crippen molar-refractivity contribution in [3.63, 3.8) is 0 Å². The largest absolute Gasteiger partial charge is 0.484 e. The van der Waals surface area contributed by atoms with Crippen LogP contribution < -0.4 is 14.8 Å². The summed E-state index contributed by atoms with van der Waals surface area (Å²) in [5.41, 5.74) is 2.21. The fourth-order valence-electron chi connectivity index (χ4n) is 3.38. The van der Waals surface area contributed by atoms with E-state index in [-0.39, 0.29) is 12.0 Å². The summed E-state index contributed by atoms with van der Waals surface area (Å²) in [6, 6.07) is 11.9. The molecule has 1 saturated heterocycles. The van der Waals surface area contributed by atoms with E-state index in [2.05, 4.69) is 22.4 Å². The first-order valence-electron chi connectivity index (χ1n) is 8.83. The van der Waals surface area contributed by atoms with Crippen LogP contribution in [-0.4, -0.2) is 38.1 Å². The highest BCUT2D eigenvalue weighted by Crippen LogP contribution is 2.33.